The van der Waals surface area contributed by atoms with Crippen molar-refractivity contribution in [3.8, 4) is 16.9 Å². The van der Waals surface area contributed by atoms with Crippen LogP contribution < -0.4 is 5.73 Å². The number of hydrogen-bond acceptors (Lipinski definition) is 3. The zero-order valence-corrected chi connectivity index (χ0v) is 15.3. The number of phenols is 1. The molecule has 0 amide bonds. The maximum Gasteiger partial charge on any atom is 0.303 e. The molecule has 4 heteroatoms. The molecule has 0 aliphatic rings. The van der Waals surface area contributed by atoms with Gasteiger partial charge in [-0.05, 0) is 36.5 Å². The average molecular weight is 355 g/mol. The summed E-state index contributed by atoms with van der Waals surface area (Å²) in [6.07, 6.45) is 8.94. The number of nitrogen functional groups attached to an aromatic ring is 1. The molecular weight excluding hydrogens is 326 g/mol. The van der Waals surface area contributed by atoms with Gasteiger partial charge in [-0.15, -0.1) is 0 Å². The zero-order valence-electron chi connectivity index (χ0n) is 15.3. The summed E-state index contributed by atoms with van der Waals surface area (Å²) in [5, 5.41) is 18.7. The summed E-state index contributed by atoms with van der Waals surface area (Å²) in [4.78, 5) is 10.4. The molecule has 0 bridgehead atoms. The highest BCUT2D eigenvalue weighted by Gasteiger charge is 2.07. The number of carbonyl (C=O) groups is 1. The normalized spacial score (nSPS) is 10.8. The number of aryl methyl sites for hydroxylation is 1. The molecule has 0 spiro atoms. The molecule has 0 saturated heterocycles. The zero-order chi connectivity index (χ0) is 18.8. The number of nitrogens with two attached hydrogens (primary N) is 1. The molecule has 0 fully saturated rings. The van der Waals surface area contributed by atoms with E-state index in [1.807, 2.05) is 24.3 Å². The van der Waals surface area contributed by atoms with Crippen molar-refractivity contribution in [2.24, 2.45) is 0 Å². The van der Waals surface area contributed by atoms with Gasteiger partial charge in [-0.3, -0.25) is 4.79 Å². The third-order valence-corrected chi connectivity index (χ3v) is 4.66. The number of aromatic hydroxyl groups is 1. The lowest BCUT2D eigenvalue weighted by Crippen LogP contribution is -1.93. The van der Waals surface area contributed by atoms with E-state index in [2.05, 4.69) is 12.1 Å². The highest BCUT2D eigenvalue weighted by molar-refractivity contribution is 5.76. The number of carboxylic acids is 1. The third-order valence-electron chi connectivity index (χ3n) is 4.66. The van der Waals surface area contributed by atoms with Gasteiger partial charge in [0.25, 0.3) is 0 Å². The SMILES string of the molecule is Nc1cccc(-c2cccc(CCCCCCCCCC(=O)O)c2)c1O. The molecular formula is C22H29NO3. The Hall–Kier alpha value is -2.49. The Morgan fingerprint density at radius 1 is 0.885 bits per heavy atom. The Balaban J connectivity index is 1.72. The fraction of sp³-hybridized carbons (Fsp3) is 0.409. The van der Waals surface area contributed by atoms with Crippen molar-refractivity contribution in [3.05, 3.63) is 48.0 Å². The van der Waals surface area contributed by atoms with Crippen LogP contribution in [-0.2, 0) is 11.2 Å². The van der Waals surface area contributed by atoms with E-state index in [1.54, 1.807) is 6.07 Å². The molecule has 0 aromatic heterocycles. The van der Waals surface area contributed by atoms with Gasteiger partial charge in [0.05, 0.1) is 5.69 Å². The standard InChI is InChI=1S/C22H29NO3/c23-20-14-9-13-19(22(20)26)18-12-8-11-17(16-18)10-6-4-2-1-3-5-7-15-21(24)25/h8-9,11-14,16,26H,1-7,10,15,23H2,(H,24,25). The largest absolute Gasteiger partial charge is 0.505 e. The lowest BCUT2D eigenvalue weighted by Gasteiger charge is -2.09. The van der Waals surface area contributed by atoms with Gasteiger partial charge in [0.15, 0.2) is 0 Å². The summed E-state index contributed by atoms with van der Waals surface area (Å²) in [7, 11) is 0. The number of phenolic OH excluding ortho intramolecular Hbond substituents is 1. The van der Waals surface area contributed by atoms with Crippen LogP contribution in [0.25, 0.3) is 11.1 Å². The predicted molar refractivity (Wildman–Crippen MR) is 106 cm³/mol. The molecule has 4 nitrogen and oxygen atoms in total. The van der Waals surface area contributed by atoms with Gasteiger partial charge < -0.3 is 15.9 Å². The summed E-state index contributed by atoms with van der Waals surface area (Å²) in [5.74, 6) is -0.550. The van der Waals surface area contributed by atoms with Crippen LogP contribution in [0.5, 0.6) is 5.75 Å². The van der Waals surface area contributed by atoms with Crippen molar-refractivity contribution in [3.63, 3.8) is 0 Å². The second-order valence-corrected chi connectivity index (χ2v) is 6.81. The van der Waals surface area contributed by atoms with Crippen LogP contribution in [0.3, 0.4) is 0 Å². The summed E-state index contributed by atoms with van der Waals surface area (Å²) < 4.78 is 0. The Kier molecular flexibility index (Phi) is 8.00. The van der Waals surface area contributed by atoms with E-state index in [1.165, 1.54) is 24.8 Å². The van der Waals surface area contributed by atoms with Crippen molar-refractivity contribution < 1.29 is 15.0 Å². The minimum absolute atomic E-state index is 0.146. The van der Waals surface area contributed by atoms with Crippen LogP contribution in [0.4, 0.5) is 5.69 Å². The van der Waals surface area contributed by atoms with Gasteiger partial charge in [0, 0.05) is 12.0 Å². The van der Waals surface area contributed by atoms with Crippen molar-refractivity contribution in [2.45, 2.75) is 57.8 Å². The topological polar surface area (TPSA) is 83.6 Å². The smallest absolute Gasteiger partial charge is 0.303 e. The first-order valence-corrected chi connectivity index (χ1v) is 9.46. The minimum atomic E-state index is -0.696. The van der Waals surface area contributed by atoms with Gasteiger partial charge >= 0.3 is 5.97 Å². The fourth-order valence-electron chi connectivity index (χ4n) is 3.18. The van der Waals surface area contributed by atoms with Crippen molar-refractivity contribution >= 4 is 11.7 Å². The molecule has 2 rings (SSSR count). The van der Waals surface area contributed by atoms with E-state index >= 15 is 0 Å². The van der Waals surface area contributed by atoms with Crippen molar-refractivity contribution in [1.29, 1.82) is 0 Å². The first kappa shape index (κ1) is 19.8. The van der Waals surface area contributed by atoms with E-state index in [0.717, 1.165) is 43.2 Å². The second-order valence-electron chi connectivity index (χ2n) is 6.81. The van der Waals surface area contributed by atoms with Gasteiger partial charge in [-0.2, -0.15) is 0 Å². The number of rotatable bonds is 11. The van der Waals surface area contributed by atoms with Gasteiger partial charge in [0.2, 0.25) is 0 Å². The lowest BCUT2D eigenvalue weighted by molar-refractivity contribution is -0.137. The molecule has 0 radical (unpaired) electrons. The first-order valence-electron chi connectivity index (χ1n) is 9.46. The molecule has 2 aromatic carbocycles. The fourth-order valence-corrected chi connectivity index (χ4v) is 3.18. The van der Waals surface area contributed by atoms with Crippen LogP contribution in [0, 0.1) is 0 Å². The third kappa shape index (κ3) is 6.43. The molecule has 140 valence electrons. The van der Waals surface area contributed by atoms with Crippen LogP contribution >= 0.6 is 0 Å². The van der Waals surface area contributed by atoms with E-state index in [9.17, 15) is 9.90 Å². The number of aliphatic carboxylic acids is 1. The average Bonchev–Trinajstić information content (AvgIpc) is 2.62. The van der Waals surface area contributed by atoms with Gasteiger partial charge in [0.1, 0.15) is 5.75 Å². The lowest BCUT2D eigenvalue weighted by atomic mass is 9.98. The quantitative estimate of drug-likeness (QED) is 0.287. The highest BCUT2D eigenvalue weighted by Crippen LogP contribution is 2.34. The number of anilines is 1. The Labute approximate surface area is 155 Å². The minimum Gasteiger partial charge on any atom is -0.505 e. The van der Waals surface area contributed by atoms with Gasteiger partial charge in [-0.1, -0.05) is 68.5 Å². The molecule has 0 atom stereocenters. The molecule has 4 N–H and O–H groups in total. The maximum atomic E-state index is 10.4. The number of carboxylic acid groups (broad SMARTS) is 1. The summed E-state index contributed by atoms with van der Waals surface area (Å²) >= 11 is 0. The number of benzene rings is 2. The van der Waals surface area contributed by atoms with Crippen LogP contribution in [0.1, 0.15) is 56.9 Å². The second kappa shape index (κ2) is 10.5. The highest BCUT2D eigenvalue weighted by atomic mass is 16.4. The number of unbranched alkanes of at least 4 members (excludes halogenated alkanes) is 6. The molecule has 2 aromatic rings. The van der Waals surface area contributed by atoms with Crippen LogP contribution in [-0.4, -0.2) is 16.2 Å². The Bertz CT molecular complexity index is 712. The van der Waals surface area contributed by atoms with Gasteiger partial charge in [-0.25, -0.2) is 0 Å². The Morgan fingerprint density at radius 2 is 1.54 bits per heavy atom. The van der Waals surface area contributed by atoms with Crippen LogP contribution in [0.2, 0.25) is 0 Å². The summed E-state index contributed by atoms with van der Waals surface area (Å²) in [5.41, 5.74) is 9.22. The molecule has 0 aliphatic heterocycles. The van der Waals surface area contributed by atoms with Crippen molar-refractivity contribution in [2.75, 3.05) is 5.73 Å². The van der Waals surface area contributed by atoms with Crippen LogP contribution in [0.15, 0.2) is 42.5 Å². The monoisotopic (exact) mass is 355 g/mol. The number of hydrogen-bond donors (Lipinski definition) is 3. The molecule has 0 saturated carbocycles. The summed E-state index contributed by atoms with van der Waals surface area (Å²) in [6.45, 7) is 0. The van der Waals surface area contributed by atoms with E-state index < -0.39 is 5.97 Å². The van der Waals surface area contributed by atoms with E-state index in [0.29, 0.717) is 12.1 Å². The molecule has 0 heterocycles. The van der Waals surface area contributed by atoms with E-state index in [-0.39, 0.29) is 5.75 Å². The summed E-state index contributed by atoms with van der Waals surface area (Å²) in [6, 6.07) is 13.7. The molecule has 0 unspecified atom stereocenters. The van der Waals surface area contributed by atoms with E-state index in [4.69, 9.17) is 10.8 Å². The molecule has 0 aliphatic carbocycles. The molecule has 26 heavy (non-hydrogen) atoms. The predicted octanol–water partition coefficient (Wildman–Crippen LogP) is 5.39. The maximum absolute atomic E-state index is 10.4. The van der Waals surface area contributed by atoms with Crippen molar-refractivity contribution in [1.82, 2.24) is 0 Å². The first-order chi connectivity index (χ1) is 12.6. The number of para-hydroxylation sites is 1. The Morgan fingerprint density at radius 3 is 2.27 bits per heavy atom.